The van der Waals surface area contributed by atoms with E-state index in [0.717, 1.165) is 4.90 Å². The summed E-state index contributed by atoms with van der Waals surface area (Å²) in [7, 11) is 0. The Morgan fingerprint density at radius 1 is 1.29 bits per heavy atom. The molecule has 0 atom stereocenters. The van der Waals surface area contributed by atoms with Gasteiger partial charge < -0.3 is 9.47 Å². The summed E-state index contributed by atoms with van der Waals surface area (Å²) in [6, 6.07) is 5.07. The van der Waals surface area contributed by atoms with E-state index < -0.39 is 0 Å². The van der Waals surface area contributed by atoms with Crippen LogP contribution in [0.1, 0.15) is 13.8 Å². The lowest BCUT2D eigenvalue weighted by Gasteiger charge is -2.16. The molecule has 1 rings (SSSR count). The van der Waals surface area contributed by atoms with Gasteiger partial charge in [0.2, 0.25) is 0 Å². The van der Waals surface area contributed by atoms with Gasteiger partial charge in [-0.3, -0.25) is 0 Å². The van der Waals surface area contributed by atoms with Crippen LogP contribution in [0.3, 0.4) is 0 Å². The minimum atomic E-state index is -0.251. The van der Waals surface area contributed by atoms with Gasteiger partial charge in [0.25, 0.3) is 0 Å². The summed E-state index contributed by atoms with van der Waals surface area (Å²) in [5.74, 6) is 0.405. The van der Waals surface area contributed by atoms with Gasteiger partial charge >= 0.3 is 0 Å². The lowest BCUT2D eigenvalue weighted by Crippen LogP contribution is -2.19. The van der Waals surface area contributed by atoms with Crippen LogP contribution >= 0.6 is 27.7 Å². The van der Waals surface area contributed by atoms with E-state index in [9.17, 15) is 4.39 Å². The van der Waals surface area contributed by atoms with Crippen molar-refractivity contribution in [2.75, 3.05) is 19.0 Å². The summed E-state index contributed by atoms with van der Waals surface area (Å²) in [5.41, 5.74) is 0. The fourth-order valence-corrected chi connectivity index (χ4v) is 2.37. The Hall–Kier alpha value is -0.100. The van der Waals surface area contributed by atoms with Gasteiger partial charge in [-0.1, -0.05) is 0 Å². The Labute approximate surface area is 114 Å². The molecule has 0 N–H and O–H groups in total. The van der Waals surface area contributed by atoms with Crippen molar-refractivity contribution in [3.05, 3.63) is 28.5 Å². The van der Waals surface area contributed by atoms with Crippen molar-refractivity contribution < 1.29 is 13.9 Å². The molecule has 0 aliphatic rings. The minimum Gasteiger partial charge on any atom is -0.352 e. The first-order valence-electron chi connectivity index (χ1n) is 5.48. The van der Waals surface area contributed by atoms with Crippen LogP contribution in [0.4, 0.5) is 4.39 Å². The van der Waals surface area contributed by atoms with Crippen molar-refractivity contribution in [3.63, 3.8) is 0 Å². The summed E-state index contributed by atoms with van der Waals surface area (Å²) in [4.78, 5) is 0.870. The molecule has 1 aromatic carbocycles. The topological polar surface area (TPSA) is 18.5 Å². The number of ether oxygens (including phenoxy) is 2. The Morgan fingerprint density at radius 3 is 2.47 bits per heavy atom. The standard InChI is InChI=1S/C12H16BrFO2S/c1-3-15-12(16-4-2)8-17-9-5-6-10(13)11(14)7-9/h5-7,12H,3-4,8H2,1-2H3. The summed E-state index contributed by atoms with van der Waals surface area (Å²) >= 11 is 4.65. The van der Waals surface area contributed by atoms with Crippen LogP contribution in [0, 0.1) is 5.82 Å². The number of benzene rings is 1. The normalized spacial score (nSPS) is 11.1. The molecule has 0 bridgehead atoms. The number of halogens is 2. The molecule has 5 heteroatoms. The fourth-order valence-electron chi connectivity index (χ4n) is 1.25. The van der Waals surface area contributed by atoms with E-state index in [2.05, 4.69) is 15.9 Å². The van der Waals surface area contributed by atoms with Crippen LogP contribution in [-0.2, 0) is 9.47 Å². The van der Waals surface area contributed by atoms with E-state index in [1.165, 1.54) is 17.8 Å². The van der Waals surface area contributed by atoms with Gasteiger partial charge in [-0.05, 0) is 48.0 Å². The molecule has 96 valence electrons. The second-order valence-corrected chi connectivity index (χ2v) is 5.17. The van der Waals surface area contributed by atoms with Gasteiger partial charge in [0.05, 0.1) is 4.47 Å². The zero-order chi connectivity index (χ0) is 12.7. The first-order valence-corrected chi connectivity index (χ1v) is 7.26. The zero-order valence-electron chi connectivity index (χ0n) is 9.91. The highest BCUT2D eigenvalue weighted by Crippen LogP contribution is 2.24. The second-order valence-electron chi connectivity index (χ2n) is 3.23. The van der Waals surface area contributed by atoms with Crippen LogP contribution in [0.15, 0.2) is 27.6 Å². The highest BCUT2D eigenvalue weighted by atomic mass is 79.9. The van der Waals surface area contributed by atoms with E-state index >= 15 is 0 Å². The number of thioether (sulfide) groups is 1. The highest BCUT2D eigenvalue weighted by molar-refractivity contribution is 9.10. The molecular formula is C12H16BrFO2S. The molecule has 0 aliphatic heterocycles. The third-order valence-electron chi connectivity index (χ3n) is 1.98. The van der Waals surface area contributed by atoms with Crippen LogP contribution < -0.4 is 0 Å². The molecule has 0 amide bonds. The van der Waals surface area contributed by atoms with Crippen LogP contribution in [0.5, 0.6) is 0 Å². The summed E-state index contributed by atoms with van der Waals surface area (Å²) < 4.78 is 24.6. The number of hydrogen-bond donors (Lipinski definition) is 0. The fraction of sp³-hybridized carbons (Fsp3) is 0.500. The predicted molar refractivity (Wildman–Crippen MR) is 71.9 cm³/mol. The maximum atomic E-state index is 13.3. The Kier molecular flexibility index (Phi) is 7.11. The SMILES string of the molecule is CCOC(CSc1ccc(Br)c(F)c1)OCC. The van der Waals surface area contributed by atoms with Crippen LogP contribution in [0.2, 0.25) is 0 Å². The van der Waals surface area contributed by atoms with E-state index in [0.29, 0.717) is 23.4 Å². The Bertz CT molecular complexity index is 343. The smallest absolute Gasteiger partial charge is 0.166 e. The van der Waals surface area contributed by atoms with Crippen molar-refractivity contribution in [1.82, 2.24) is 0 Å². The molecule has 0 aliphatic carbocycles. The molecule has 17 heavy (non-hydrogen) atoms. The predicted octanol–water partition coefficient (Wildman–Crippen LogP) is 4.08. The van der Waals surface area contributed by atoms with Gasteiger partial charge in [-0.2, -0.15) is 0 Å². The first-order chi connectivity index (χ1) is 8.17. The lowest BCUT2D eigenvalue weighted by atomic mass is 10.3. The minimum absolute atomic E-state index is 0.235. The van der Waals surface area contributed by atoms with Gasteiger partial charge in [-0.25, -0.2) is 4.39 Å². The third kappa shape index (κ3) is 5.38. The number of rotatable bonds is 7. The van der Waals surface area contributed by atoms with Crippen LogP contribution in [-0.4, -0.2) is 25.3 Å². The van der Waals surface area contributed by atoms with Crippen molar-refractivity contribution in [2.45, 2.75) is 25.0 Å². The highest BCUT2D eigenvalue weighted by Gasteiger charge is 2.09. The first kappa shape index (κ1) is 15.0. The van der Waals surface area contributed by atoms with Crippen molar-refractivity contribution in [1.29, 1.82) is 0 Å². The molecule has 0 unspecified atom stereocenters. The van der Waals surface area contributed by atoms with Gasteiger partial charge in [0, 0.05) is 23.9 Å². The van der Waals surface area contributed by atoms with Gasteiger partial charge in [0.1, 0.15) is 5.82 Å². The van der Waals surface area contributed by atoms with E-state index in [-0.39, 0.29) is 12.1 Å². The molecule has 0 heterocycles. The maximum absolute atomic E-state index is 13.3. The second kappa shape index (κ2) is 8.08. The summed E-state index contributed by atoms with van der Waals surface area (Å²) in [5, 5.41) is 0. The van der Waals surface area contributed by atoms with Crippen molar-refractivity contribution in [3.8, 4) is 0 Å². The molecule has 2 nitrogen and oxygen atoms in total. The van der Waals surface area contributed by atoms with E-state index in [4.69, 9.17) is 9.47 Å². The molecule has 0 fully saturated rings. The molecule has 1 aromatic rings. The summed E-state index contributed by atoms with van der Waals surface area (Å²) in [6.07, 6.45) is -0.235. The van der Waals surface area contributed by atoms with Crippen molar-refractivity contribution in [2.24, 2.45) is 0 Å². The Morgan fingerprint density at radius 2 is 1.94 bits per heavy atom. The van der Waals surface area contributed by atoms with Gasteiger partial charge in [-0.15, -0.1) is 11.8 Å². The quantitative estimate of drug-likeness (QED) is 0.556. The average molecular weight is 323 g/mol. The van der Waals surface area contributed by atoms with E-state index in [1.54, 1.807) is 6.07 Å². The lowest BCUT2D eigenvalue weighted by molar-refractivity contribution is -0.120. The molecule has 0 saturated heterocycles. The largest absolute Gasteiger partial charge is 0.352 e. The third-order valence-corrected chi connectivity index (χ3v) is 3.65. The maximum Gasteiger partial charge on any atom is 0.166 e. The Balaban J connectivity index is 2.49. The van der Waals surface area contributed by atoms with Gasteiger partial charge in [0.15, 0.2) is 6.29 Å². The molecule has 0 saturated carbocycles. The zero-order valence-corrected chi connectivity index (χ0v) is 12.3. The van der Waals surface area contributed by atoms with Crippen molar-refractivity contribution >= 4 is 27.7 Å². The average Bonchev–Trinajstić information content (AvgIpc) is 2.31. The molecule has 0 radical (unpaired) electrons. The molecular weight excluding hydrogens is 307 g/mol. The monoisotopic (exact) mass is 322 g/mol. The van der Waals surface area contributed by atoms with Crippen LogP contribution in [0.25, 0.3) is 0 Å². The van der Waals surface area contributed by atoms with E-state index in [1.807, 2.05) is 19.9 Å². The number of hydrogen-bond acceptors (Lipinski definition) is 3. The molecule has 0 spiro atoms. The molecule has 0 aromatic heterocycles. The summed E-state index contributed by atoms with van der Waals surface area (Å²) in [6.45, 7) is 5.08.